The third-order valence-electron chi connectivity index (χ3n) is 3.41. The Bertz CT molecular complexity index is 805. The zero-order valence-electron chi connectivity index (χ0n) is 14.0. The molecular formula is C15H19N7OS2. The molecule has 0 saturated heterocycles. The number of thioether (sulfide) groups is 1. The van der Waals surface area contributed by atoms with Crippen molar-refractivity contribution in [3.05, 3.63) is 30.1 Å². The van der Waals surface area contributed by atoms with E-state index in [1.54, 1.807) is 18.9 Å². The smallest absolute Gasteiger partial charge is 0.210 e. The monoisotopic (exact) mass is 377 g/mol. The largest absolute Gasteiger partial charge is 0.495 e. The number of nitrogens with zero attached hydrogens (tertiary/aromatic N) is 6. The number of anilines is 2. The lowest BCUT2D eigenvalue weighted by molar-refractivity contribution is 0.417. The van der Waals surface area contributed by atoms with Gasteiger partial charge in [0.25, 0.3) is 0 Å². The van der Waals surface area contributed by atoms with Gasteiger partial charge in [0.05, 0.1) is 18.6 Å². The van der Waals surface area contributed by atoms with E-state index in [1.165, 1.54) is 11.3 Å². The second-order valence-corrected chi connectivity index (χ2v) is 7.36. The molecule has 1 aromatic carbocycles. The molecule has 0 fully saturated rings. The van der Waals surface area contributed by atoms with Crippen molar-refractivity contribution in [2.45, 2.75) is 36.4 Å². The number of nitrogens with one attached hydrogen (secondary N) is 1. The molecule has 2 heterocycles. The predicted molar refractivity (Wildman–Crippen MR) is 98.5 cm³/mol. The van der Waals surface area contributed by atoms with Crippen LogP contribution in [0.2, 0.25) is 0 Å². The first-order valence-corrected chi connectivity index (χ1v) is 9.71. The second-order valence-electron chi connectivity index (χ2n) is 5.16. The minimum Gasteiger partial charge on any atom is -0.495 e. The average molecular weight is 377 g/mol. The third kappa shape index (κ3) is 4.67. The standard InChI is InChI=1S/C15H19N7OS2/c1-3-4-9-22-13(17-20-21-22)10-24-15-19-18-14(25-15)16-11-7-5-6-8-12(11)23-2/h5-8H,3-4,9-10H2,1-2H3,(H,16,18). The lowest BCUT2D eigenvalue weighted by Crippen LogP contribution is -2.04. The lowest BCUT2D eigenvalue weighted by Gasteiger charge is -2.07. The molecule has 0 unspecified atom stereocenters. The highest BCUT2D eigenvalue weighted by Crippen LogP contribution is 2.32. The number of aryl methyl sites for hydroxylation is 1. The molecule has 0 radical (unpaired) electrons. The molecule has 0 amide bonds. The zero-order chi connectivity index (χ0) is 17.5. The highest BCUT2D eigenvalue weighted by Gasteiger charge is 2.11. The molecule has 0 saturated carbocycles. The number of methoxy groups -OCH3 is 1. The summed E-state index contributed by atoms with van der Waals surface area (Å²) in [5.41, 5.74) is 0.862. The molecule has 0 spiro atoms. The molecule has 8 nitrogen and oxygen atoms in total. The molecule has 10 heteroatoms. The maximum Gasteiger partial charge on any atom is 0.210 e. The summed E-state index contributed by atoms with van der Waals surface area (Å²) in [6.45, 7) is 2.99. The molecule has 25 heavy (non-hydrogen) atoms. The normalized spacial score (nSPS) is 10.8. The van der Waals surface area contributed by atoms with Crippen LogP contribution in [0, 0.1) is 0 Å². The second kappa shape index (κ2) is 8.77. The number of aromatic nitrogens is 6. The van der Waals surface area contributed by atoms with E-state index in [0.29, 0.717) is 5.75 Å². The Labute approximate surface area is 154 Å². The van der Waals surface area contributed by atoms with Gasteiger partial charge in [-0.25, -0.2) is 4.68 Å². The van der Waals surface area contributed by atoms with E-state index in [0.717, 1.165) is 46.1 Å². The van der Waals surface area contributed by atoms with Gasteiger partial charge in [0.2, 0.25) is 5.13 Å². The van der Waals surface area contributed by atoms with E-state index in [9.17, 15) is 0 Å². The maximum absolute atomic E-state index is 5.33. The fourth-order valence-electron chi connectivity index (χ4n) is 2.12. The number of rotatable bonds is 9. The average Bonchev–Trinajstić information content (AvgIpc) is 3.27. The zero-order valence-corrected chi connectivity index (χ0v) is 15.7. The number of hydrogen-bond donors (Lipinski definition) is 1. The van der Waals surface area contributed by atoms with Crippen molar-refractivity contribution in [3.8, 4) is 5.75 Å². The summed E-state index contributed by atoms with van der Waals surface area (Å²) in [5, 5.41) is 24.2. The van der Waals surface area contributed by atoms with E-state index < -0.39 is 0 Å². The number of hydrogen-bond acceptors (Lipinski definition) is 9. The maximum atomic E-state index is 5.33. The summed E-state index contributed by atoms with van der Waals surface area (Å²) in [5.74, 6) is 2.29. The third-order valence-corrected chi connectivity index (χ3v) is 5.38. The van der Waals surface area contributed by atoms with Crippen molar-refractivity contribution in [1.29, 1.82) is 0 Å². The Balaban J connectivity index is 1.60. The molecule has 3 aromatic rings. The molecule has 132 valence electrons. The fourth-order valence-corrected chi connectivity index (χ4v) is 3.81. The first-order chi connectivity index (χ1) is 12.3. The van der Waals surface area contributed by atoms with Crippen LogP contribution in [-0.4, -0.2) is 37.5 Å². The van der Waals surface area contributed by atoms with Gasteiger partial charge in [-0.1, -0.05) is 48.6 Å². The highest BCUT2D eigenvalue weighted by atomic mass is 32.2. The molecule has 3 rings (SSSR count). The highest BCUT2D eigenvalue weighted by molar-refractivity contribution is 8.00. The van der Waals surface area contributed by atoms with Crippen molar-refractivity contribution in [3.63, 3.8) is 0 Å². The van der Waals surface area contributed by atoms with Crippen LogP contribution in [0.1, 0.15) is 25.6 Å². The Kier molecular flexibility index (Phi) is 6.18. The first-order valence-electron chi connectivity index (χ1n) is 7.91. The molecular weight excluding hydrogens is 358 g/mol. The summed E-state index contributed by atoms with van der Waals surface area (Å²) in [6.07, 6.45) is 2.18. The minimum absolute atomic E-state index is 0.667. The Morgan fingerprint density at radius 3 is 2.96 bits per heavy atom. The molecule has 0 aliphatic heterocycles. The van der Waals surface area contributed by atoms with Gasteiger partial charge in [-0.2, -0.15) is 0 Å². The molecule has 2 aromatic heterocycles. The van der Waals surface area contributed by atoms with Crippen molar-refractivity contribution < 1.29 is 4.74 Å². The van der Waals surface area contributed by atoms with E-state index in [-0.39, 0.29) is 0 Å². The SMILES string of the molecule is CCCCn1nnnc1CSc1nnc(Nc2ccccc2OC)s1. The summed E-state index contributed by atoms with van der Waals surface area (Å²) < 4.78 is 8.05. The van der Waals surface area contributed by atoms with Crippen LogP contribution >= 0.6 is 23.1 Å². The van der Waals surface area contributed by atoms with Gasteiger partial charge >= 0.3 is 0 Å². The predicted octanol–water partition coefficient (Wildman–Crippen LogP) is 3.37. The number of para-hydroxylation sites is 2. The van der Waals surface area contributed by atoms with Crippen LogP contribution in [0.15, 0.2) is 28.6 Å². The van der Waals surface area contributed by atoms with Crippen molar-refractivity contribution in [1.82, 2.24) is 30.4 Å². The van der Waals surface area contributed by atoms with Gasteiger partial charge in [0, 0.05) is 6.54 Å². The fraction of sp³-hybridized carbons (Fsp3) is 0.400. The molecule has 1 N–H and O–H groups in total. The topological polar surface area (TPSA) is 90.6 Å². The molecule has 0 atom stereocenters. The van der Waals surface area contributed by atoms with Gasteiger partial charge in [0.15, 0.2) is 10.2 Å². The van der Waals surface area contributed by atoms with Crippen LogP contribution in [0.3, 0.4) is 0 Å². The van der Waals surface area contributed by atoms with Crippen LogP contribution in [0.5, 0.6) is 5.75 Å². The van der Waals surface area contributed by atoms with Crippen LogP contribution in [0.25, 0.3) is 0 Å². The Morgan fingerprint density at radius 1 is 1.24 bits per heavy atom. The number of ether oxygens (including phenoxy) is 1. The van der Waals surface area contributed by atoms with Crippen LogP contribution < -0.4 is 10.1 Å². The van der Waals surface area contributed by atoms with Gasteiger partial charge in [-0.05, 0) is 29.0 Å². The van der Waals surface area contributed by atoms with Crippen LogP contribution in [-0.2, 0) is 12.3 Å². The van der Waals surface area contributed by atoms with Crippen LogP contribution in [0.4, 0.5) is 10.8 Å². The summed E-state index contributed by atoms with van der Waals surface area (Å²) in [6, 6.07) is 7.70. The first kappa shape index (κ1) is 17.6. The summed E-state index contributed by atoms with van der Waals surface area (Å²) in [4.78, 5) is 0. The Hall–Kier alpha value is -2.20. The Morgan fingerprint density at radius 2 is 2.12 bits per heavy atom. The van der Waals surface area contributed by atoms with E-state index >= 15 is 0 Å². The molecule has 0 aliphatic carbocycles. The van der Waals surface area contributed by atoms with Gasteiger partial charge < -0.3 is 10.1 Å². The van der Waals surface area contributed by atoms with E-state index in [1.807, 2.05) is 28.9 Å². The molecule has 0 bridgehead atoms. The van der Waals surface area contributed by atoms with Crippen molar-refractivity contribution in [2.24, 2.45) is 0 Å². The summed E-state index contributed by atoms with van der Waals surface area (Å²) >= 11 is 3.07. The molecule has 0 aliphatic rings. The van der Waals surface area contributed by atoms with E-state index in [2.05, 4.69) is 38.0 Å². The van der Waals surface area contributed by atoms with E-state index in [4.69, 9.17) is 4.74 Å². The quantitative estimate of drug-likeness (QED) is 0.568. The van der Waals surface area contributed by atoms with Crippen molar-refractivity contribution in [2.75, 3.05) is 12.4 Å². The minimum atomic E-state index is 0.667. The number of unbranched alkanes of at least 4 members (excludes halogenated alkanes) is 1. The lowest BCUT2D eigenvalue weighted by atomic mass is 10.3. The van der Waals surface area contributed by atoms with Crippen molar-refractivity contribution >= 4 is 33.9 Å². The summed E-state index contributed by atoms with van der Waals surface area (Å²) in [7, 11) is 1.64. The van der Waals surface area contributed by atoms with Gasteiger partial charge in [0.1, 0.15) is 5.75 Å². The number of benzene rings is 1. The van der Waals surface area contributed by atoms with Gasteiger partial charge in [-0.3, -0.25) is 0 Å². The van der Waals surface area contributed by atoms with Gasteiger partial charge in [-0.15, -0.1) is 15.3 Å². The number of tetrazole rings is 1.